The van der Waals surface area contributed by atoms with Gasteiger partial charge in [0, 0.05) is 37.5 Å². The molecule has 1 fully saturated rings. The van der Waals surface area contributed by atoms with E-state index < -0.39 is 0 Å². The maximum absolute atomic E-state index is 8.70. The van der Waals surface area contributed by atoms with Gasteiger partial charge in [-0.3, -0.25) is 4.90 Å². The van der Waals surface area contributed by atoms with Crippen molar-refractivity contribution in [3.8, 4) is 11.8 Å². The second-order valence-corrected chi connectivity index (χ2v) is 5.90. The van der Waals surface area contributed by atoms with Crippen LogP contribution in [0.25, 0.3) is 0 Å². The predicted molar refractivity (Wildman–Crippen MR) is 78.2 cm³/mol. The molecule has 0 aromatic carbocycles. The molecule has 0 saturated heterocycles. The molecule has 0 amide bonds. The van der Waals surface area contributed by atoms with Crippen molar-refractivity contribution in [2.75, 3.05) is 26.9 Å². The Morgan fingerprint density at radius 1 is 1.47 bits per heavy atom. The van der Waals surface area contributed by atoms with E-state index in [1.165, 1.54) is 17.7 Å². The highest BCUT2D eigenvalue weighted by atomic mass is 32.1. The SMILES string of the molecule is COCCN(Cc1ccc(C#CCCO)s1)C1CC1. The zero-order valence-corrected chi connectivity index (χ0v) is 12.2. The number of nitrogens with zero attached hydrogens (tertiary/aromatic N) is 1. The molecule has 1 aromatic rings. The van der Waals surface area contributed by atoms with Gasteiger partial charge in [-0.2, -0.15) is 0 Å². The molecule has 1 aromatic heterocycles. The smallest absolute Gasteiger partial charge is 0.0771 e. The van der Waals surface area contributed by atoms with Crippen LogP contribution in [0.5, 0.6) is 0 Å². The molecule has 2 rings (SSSR count). The molecule has 0 atom stereocenters. The summed E-state index contributed by atoms with van der Waals surface area (Å²) in [6.45, 7) is 2.94. The van der Waals surface area contributed by atoms with Gasteiger partial charge in [0.25, 0.3) is 0 Å². The van der Waals surface area contributed by atoms with Crippen molar-refractivity contribution in [2.45, 2.75) is 31.8 Å². The van der Waals surface area contributed by atoms with Gasteiger partial charge < -0.3 is 9.84 Å². The summed E-state index contributed by atoms with van der Waals surface area (Å²) in [5.74, 6) is 6.06. The van der Waals surface area contributed by atoms with Gasteiger partial charge in [-0.25, -0.2) is 0 Å². The van der Waals surface area contributed by atoms with E-state index in [1.807, 2.05) is 0 Å². The molecule has 0 unspecified atom stereocenters. The highest BCUT2D eigenvalue weighted by Gasteiger charge is 2.28. The molecule has 1 saturated carbocycles. The lowest BCUT2D eigenvalue weighted by atomic mass is 10.3. The third-order valence-corrected chi connectivity index (χ3v) is 4.10. The fraction of sp³-hybridized carbons (Fsp3) is 0.600. The summed E-state index contributed by atoms with van der Waals surface area (Å²) in [7, 11) is 1.76. The fourth-order valence-corrected chi connectivity index (χ4v) is 2.88. The first kappa shape index (κ1) is 14.5. The number of hydrogen-bond donors (Lipinski definition) is 1. The van der Waals surface area contributed by atoms with E-state index >= 15 is 0 Å². The Balaban J connectivity index is 1.88. The Kier molecular flexibility index (Phi) is 5.87. The molecule has 1 aliphatic rings. The average molecular weight is 279 g/mol. The van der Waals surface area contributed by atoms with Crippen LogP contribution in [-0.2, 0) is 11.3 Å². The van der Waals surface area contributed by atoms with Crippen molar-refractivity contribution < 1.29 is 9.84 Å². The van der Waals surface area contributed by atoms with Gasteiger partial charge in [0.1, 0.15) is 0 Å². The minimum Gasteiger partial charge on any atom is -0.395 e. The summed E-state index contributed by atoms with van der Waals surface area (Å²) in [6, 6.07) is 4.99. The first-order valence-electron chi connectivity index (χ1n) is 6.75. The zero-order chi connectivity index (χ0) is 13.5. The fourth-order valence-electron chi connectivity index (χ4n) is 1.97. The van der Waals surface area contributed by atoms with Crippen LogP contribution in [0.1, 0.15) is 29.0 Å². The molecule has 3 nitrogen and oxygen atoms in total. The average Bonchev–Trinajstić information content (AvgIpc) is 3.17. The molecular formula is C15H21NO2S. The van der Waals surface area contributed by atoms with E-state index in [4.69, 9.17) is 9.84 Å². The number of hydrogen-bond acceptors (Lipinski definition) is 4. The summed E-state index contributed by atoms with van der Waals surface area (Å²) in [5.41, 5.74) is 0. The number of thiophene rings is 1. The lowest BCUT2D eigenvalue weighted by Crippen LogP contribution is -2.28. The van der Waals surface area contributed by atoms with E-state index in [0.717, 1.165) is 30.6 Å². The molecule has 19 heavy (non-hydrogen) atoms. The van der Waals surface area contributed by atoms with Crippen LogP contribution in [0.4, 0.5) is 0 Å². The van der Waals surface area contributed by atoms with Gasteiger partial charge in [0.05, 0.1) is 18.1 Å². The first-order valence-corrected chi connectivity index (χ1v) is 7.56. The van der Waals surface area contributed by atoms with Crippen molar-refractivity contribution in [1.82, 2.24) is 4.90 Å². The maximum atomic E-state index is 8.70. The van der Waals surface area contributed by atoms with Gasteiger partial charge in [0.2, 0.25) is 0 Å². The second kappa shape index (κ2) is 7.66. The zero-order valence-electron chi connectivity index (χ0n) is 11.4. The quantitative estimate of drug-likeness (QED) is 0.776. The third kappa shape index (κ3) is 4.96. The second-order valence-electron chi connectivity index (χ2n) is 4.74. The first-order chi connectivity index (χ1) is 9.33. The van der Waals surface area contributed by atoms with Gasteiger partial charge in [-0.05, 0) is 25.0 Å². The summed E-state index contributed by atoms with van der Waals surface area (Å²) in [6.07, 6.45) is 3.19. The molecule has 4 heteroatoms. The topological polar surface area (TPSA) is 32.7 Å². The lowest BCUT2D eigenvalue weighted by Gasteiger charge is -2.20. The van der Waals surface area contributed by atoms with Gasteiger partial charge in [-0.15, -0.1) is 11.3 Å². The van der Waals surface area contributed by atoms with Crippen molar-refractivity contribution in [3.05, 3.63) is 21.9 Å². The molecule has 0 radical (unpaired) electrons. The number of methoxy groups -OCH3 is 1. The summed E-state index contributed by atoms with van der Waals surface area (Å²) in [4.78, 5) is 4.95. The molecule has 0 aliphatic heterocycles. The normalized spacial score (nSPS) is 14.5. The van der Waals surface area contributed by atoms with Crippen LogP contribution in [0.3, 0.4) is 0 Å². The van der Waals surface area contributed by atoms with Crippen molar-refractivity contribution in [3.63, 3.8) is 0 Å². The van der Waals surface area contributed by atoms with Crippen LogP contribution in [0.15, 0.2) is 12.1 Å². The molecule has 104 valence electrons. The Morgan fingerprint density at radius 3 is 3.00 bits per heavy atom. The van der Waals surface area contributed by atoms with E-state index in [1.54, 1.807) is 18.4 Å². The monoisotopic (exact) mass is 279 g/mol. The Morgan fingerprint density at radius 2 is 2.32 bits per heavy atom. The Hall–Kier alpha value is -0.860. The highest BCUT2D eigenvalue weighted by molar-refractivity contribution is 7.12. The molecular weight excluding hydrogens is 258 g/mol. The van der Waals surface area contributed by atoms with Crippen molar-refractivity contribution in [1.29, 1.82) is 0 Å². The largest absolute Gasteiger partial charge is 0.395 e. The molecule has 1 heterocycles. The van der Waals surface area contributed by atoms with E-state index in [-0.39, 0.29) is 6.61 Å². The number of aliphatic hydroxyl groups is 1. The number of aliphatic hydroxyl groups excluding tert-OH is 1. The van der Waals surface area contributed by atoms with Gasteiger partial charge in [0.15, 0.2) is 0 Å². The van der Waals surface area contributed by atoms with E-state index in [9.17, 15) is 0 Å². The highest BCUT2D eigenvalue weighted by Crippen LogP contribution is 2.29. The van der Waals surface area contributed by atoms with E-state index in [2.05, 4.69) is 28.9 Å². The maximum Gasteiger partial charge on any atom is 0.0771 e. The molecule has 1 N–H and O–H groups in total. The number of rotatable bonds is 7. The molecule has 0 bridgehead atoms. The van der Waals surface area contributed by atoms with Crippen LogP contribution >= 0.6 is 11.3 Å². The standard InChI is InChI=1S/C15H21NO2S/c1-18-11-9-16(13-5-6-13)12-15-8-7-14(19-15)4-2-3-10-17/h7-8,13,17H,3,5-6,9-12H2,1H3. The summed E-state index contributed by atoms with van der Waals surface area (Å²) < 4.78 is 5.17. The Labute approximate surface area is 119 Å². The predicted octanol–water partition coefficient (Wildman–Crippen LogP) is 2.09. The Bertz CT molecular complexity index is 442. The van der Waals surface area contributed by atoms with Gasteiger partial charge >= 0.3 is 0 Å². The minimum absolute atomic E-state index is 0.137. The summed E-state index contributed by atoms with van der Waals surface area (Å²) >= 11 is 1.75. The van der Waals surface area contributed by atoms with Crippen LogP contribution in [0, 0.1) is 11.8 Å². The lowest BCUT2D eigenvalue weighted by molar-refractivity contribution is 0.140. The van der Waals surface area contributed by atoms with Crippen molar-refractivity contribution in [2.24, 2.45) is 0 Å². The van der Waals surface area contributed by atoms with Crippen LogP contribution in [0.2, 0.25) is 0 Å². The van der Waals surface area contributed by atoms with Crippen LogP contribution < -0.4 is 0 Å². The summed E-state index contributed by atoms with van der Waals surface area (Å²) in [5, 5.41) is 8.70. The van der Waals surface area contributed by atoms with Gasteiger partial charge in [-0.1, -0.05) is 11.8 Å². The third-order valence-electron chi connectivity index (χ3n) is 3.11. The van der Waals surface area contributed by atoms with Crippen molar-refractivity contribution >= 4 is 11.3 Å². The number of ether oxygens (including phenoxy) is 1. The van der Waals surface area contributed by atoms with E-state index in [0.29, 0.717) is 6.42 Å². The van der Waals surface area contributed by atoms with Crippen LogP contribution in [-0.4, -0.2) is 42.9 Å². The molecule has 0 spiro atoms. The minimum atomic E-state index is 0.137. The molecule has 1 aliphatic carbocycles.